The molecule has 0 radical (unpaired) electrons. The fourth-order valence-corrected chi connectivity index (χ4v) is 4.72. The van der Waals surface area contributed by atoms with E-state index in [-0.39, 0.29) is 17.7 Å². The summed E-state index contributed by atoms with van der Waals surface area (Å²) in [5, 5.41) is 45.9. The summed E-state index contributed by atoms with van der Waals surface area (Å²) in [5.74, 6) is 0.217. The van der Waals surface area contributed by atoms with Crippen LogP contribution in [-0.2, 0) is 25.4 Å². The van der Waals surface area contributed by atoms with Crippen LogP contribution in [0, 0.1) is 23.7 Å². The molecule has 2 rings (SSSR count). The smallest absolute Gasteiger partial charge is 0.231 e. The van der Waals surface area contributed by atoms with Gasteiger partial charge < -0.3 is 50.6 Å². The number of allylic oxidation sites excluding steroid dienone is 1. The van der Waals surface area contributed by atoms with Gasteiger partial charge in [-0.3, -0.25) is 10.2 Å². The van der Waals surface area contributed by atoms with Crippen LogP contribution in [0.3, 0.4) is 0 Å². The third kappa shape index (κ3) is 9.38. The van der Waals surface area contributed by atoms with Crippen molar-refractivity contribution >= 4 is 11.8 Å². The first-order chi connectivity index (χ1) is 19.8. The second kappa shape index (κ2) is 16.2. The molecule has 0 aliphatic carbocycles. The van der Waals surface area contributed by atoms with Crippen LogP contribution in [0.4, 0.5) is 0 Å². The molecule has 1 fully saturated rings. The molecule has 5 atom stereocenters. The summed E-state index contributed by atoms with van der Waals surface area (Å²) < 4.78 is 22.6. The molecular formula is C30H50N4O8. The molecule has 3 unspecified atom stereocenters. The Bertz CT molecular complexity index is 1080. The van der Waals surface area contributed by atoms with Gasteiger partial charge in [0.1, 0.15) is 30.2 Å². The molecule has 0 aromatic heterocycles. The molecular weight excluding hydrogens is 544 g/mol. The minimum Gasteiger partial charge on any atom is -0.494 e. The lowest BCUT2D eigenvalue weighted by molar-refractivity contribution is -0.285. The molecule has 12 heteroatoms. The summed E-state index contributed by atoms with van der Waals surface area (Å²) in [6.07, 6.45) is -4.93. The van der Waals surface area contributed by atoms with Crippen molar-refractivity contribution in [3.05, 3.63) is 40.6 Å². The minimum absolute atomic E-state index is 0.0370. The first kappa shape index (κ1) is 35.5. The number of nitrogens with one attached hydrogen (secondary N) is 3. The van der Waals surface area contributed by atoms with Crippen molar-refractivity contribution in [2.75, 3.05) is 40.5 Å². The van der Waals surface area contributed by atoms with Gasteiger partial charge in [-0.25, -0.2) is 0 Å². The van der Waals surface area contributed by atoms with Gasteiger partial charge in [0.25, 0.3) is 0 Å². The van der Waals surface area contributed by atoms with E-state index in [0.717, 1.165) is 29.0 Å². The number of ether oxygens (including phenoxy) is 4. The van der Waals surface area contributed by atoms with E-state index >= 15 is 0 Å². The summed E-state index contributed by atoms with van der Waals surface area (Å²) in [7, 11) is 3.12. The first-order valence-electron chi connectivity index (χ1n) is 14.3. The molecule has 0 spiro atoms. The highest BCUT2D eigenvalue weighted by atomic mass is 16.7. The number of carbonyl (C=O) groups is 1. The molecule has 42 heavy (non-hydrogen) atoms. The molecule has 8 N–H and O–H groups in total. The lowest BCUT2D eigenvalue weighted by Crippen LogP contribution is -2.60. The van der Waals surface area contributed by atoms with Crippen LogP contribution < -0.4 is 21.1 Å². The van der Waals surface area contributed by atoms with Gasteiger partial charge in [-0.2, -0.15) is 0 Å². The summed E-state index contributed by atoms with van der Waals surface area (Å²) in [5.41, 5.74) is 8.09. The number of aryl methyl sites for hydroxylation is 1. The van der Waals surface area contributed by atoms with Gasteiger partial charge in [0.05, 0.1) is 18.6 Å². The van der Waals surface area contributed by atoms with Gasteiger partial charge in [-0.1, -0.05) is 19.9 Å². The number of primary amides is 1. The Morgan fingerprint density at radius 3 is 2.48 bits per heavy atom. The summed E-state index contributed by atoms with van der Waals surface area (Å²) in [4.78, 5) is 11.4. The summed E-state index contributed by atoms with van der Waals surface area (Å²) in [6, 6.07) is 5.77. The van der Waals surface area contributed by atoms with E-state index in [9.17, 15) is 20.1 Å². The maximum absolute atomic E-state index is 11.4. The molecule has 1 aliphatic heterocycles. The predicted molar refractivity (Wildman–Crippen MR) is 159 cm³/mol. The Hall–Kier alpha value is -2.74. The van der Waals surface area contributed by atoms with E-state index in [1.165, 1.54) is 7.11 Å². The van der Waals surface area contributed by atoms with Crippen LogP contribution in [-0.4, -0.2) is 98.3 Å². The number of hydrogen-bond donors (Lipinski definition) is 7. The molecule has 1 heterocycles. The Kier molecular flexibility index (Phi) is 13.7. The van der Waals surface area contributed by atoms with Crippen molar-refractivity contribution in [1.82, 2.24) is 10.6 Å². The third-order valence-electron chi connectivity index (χ3n) is 7.46. The third-order valence-corrected chi connectivity index (χ3v) is 7.46. The monoisotopic (exact) mass is 594 g/mol. The van der Waals surface area contributed by atoms with Crippen LogP contribution in [0.1, 0.15) is 45.2 Å². The maximum Gasteiger partial charge on any atom is 0.231 e. The van der Waals surface area contributed by atoms with Crippen LogP contribution in [0.5, 0.6) is 5.75 Å². The van der Waals surface area contributed by atoms with E-state index in [4.69, 9.17) is 30.1 Å². The zero-order valence-corrected chi connectivity index (χ0v) is 25.9. The van der Waals surface area contributed by atoms with E-state index < -0.39 is 42.7 Å². The maximum atomic E-state index is 11.4. The normalized spacial score (nSPS) is 23.4. The number of nitrogens with two attached hydrogens (primary N) is 1. The number of benzene rings is 1. The highest BCUT2D eigenvalue weighted by molar-refractivity contribution is 5.92. The standard InChI is InChI=1S/C30H50N4O8/c1-17(2)23(33-6)21(27(31)42-28-25(37)26(39-7)24(36)22(15-35)41-28)14-19-9-10-20(13-18(19)3)40-12-8-11-34-16-30(4,5)29(32)38/h9-10,13,17,22,24-26,28,31,33-37H,8,11-12,14-16H2,1-7H3,(H2,32,38)/b23-21-,31-27?/t22?,24-,25-,26?,28?/m1/s1. The van der Waals surface area contributed by atoms with Crippen LogP contribution in [0.25, 0.3) is 0 Å². The Morgan fingerprint density at radius 1 is 1.24 bits per heavy atom. The average Bonchev–Trinajstić information content (AvgIpc) is 2.93. The molecule has 1 aromatic carbocycles. The van der Waals surface area contributed by atoms with Gasteiger partial charge >= 0.3 is 0 Å². The number of aliphatic hydroxyl groups is 3. The van der Waals surface area contributed by atoms with Crippen molar-refractivity contribution in [2.24, 2.45) is 17.1 Å². The Labute approximate surface area is 249 Å². The highest BCUT2D eigenvalue weighted by Crippen LogP contribution is 2.28. The largest absolute Gasteiger partial charge is 0.494 e. The number of methoxy groups -OCH3 is 1. The number of amides is 1. The molecule has 0 bridgehead atoms. The zero-order valence-electron chi connectivity index (χ0n) is 25.9. The fraction of sp³-hybridized carbons (Fsp3) is 0.667. The predicted octanol–water partition coefficient (Wildman–Crippen LogP) is 0.985. The van der Waals surface area contributed by atoms with E-state index in [1.54, 1.807) is 20.9 Å². The number of carbonyl (C=O) groups excluding carboxylic acids is 1. The van der Waals surface area contributed by atoms with E-state index in [1.807, 2.05) is 39.0 Å². The summed E-state index contributed by atoms with van der Waals surface area (Å²) >= 11 is 0. The van der Waals surface area contributed by atoms with Gasteiger partial charge in [0.15, 0.2) is 0 Å². The van der Waals surface area contributed by atoms with Crippen molar-refractivity contribution in [2.45, 2.75) is 78.2 Å². The second-order valence-electron chi connectivity index (χ2n) is 11.5. The van der Waals surface area contributed by atoms with Gasteiger partial charge in [-0.15, -0.1) is 0 Å². The molecule has 238 valence electrons. The lowest BCUT2D eigenvalue weighted by atomic mass is 9.93. The molecule has 1 saturated heterocycles. The molecule has 0 saturated carbocycles. The zero-order chi connectivity index (χ0) is 31.6. The van der Waals surface area contributed by atoms with Gasteiger partial charge in [-0.05, 0) is 62.9 Å². The van der Waals surface area contributed by atoms with E-state index in [0.29, 0.717) is 31.7 Å². The number of hydrogen-bond acceptors (Lipinski definition) is 11. The SMILES string of the molecule is CN/C(=C(/Cc1ccc(OCCCNCC(C)(C)C(N)=O)cc1C)C(=N)OC1OC(CO)[C@@H](O)C(OC)[C@H]1O)C(C)C. The Balaban J connectivity index is 2.11. The second-order valence-corrected chi connectivity index (χ2v) is 11.5. The van der Waals surface area contributed by atoms with Crippen LogP contribution in [0.2, 0.25) is 0 Å². The van der Waals surface area contributed by atoms with Crippen LogP contribution in [0.15, 0.2) is 29.5 Å². The fourth-order valence-electron chi connectivity index (χ4n) is 4.72. The molecule has 1 aliphatic rings. The van der Waals surface area contributed by atoms with Crippen molar-refractivity contribution in [1.29, 1.82) is 5.41 Å². The van der Waals surface area contributed by atoms with Crippen molar-refractivity contribution in [3.63, 3.8) is 0 Å². The number of rotatable bonds is 16. The van der Waals surface area contributed by atoms with E-state index in [2.05, 4.69) is 10.6 Å². The average molecular weight is 595 g/mol. The van der Waals surface area contributed by atoms with Gasteiger partial charge in [0.2, 0.25) is 18.1 Å². The lowest BCUT2D eigenvalue weighted by Gasteiger charge is -2.41. The quantitative estimate of drug-likeness (QED) is 0.0826. The highest BCUT2D eigenvalue weighted by Gasteiger charge is 2.46. The van der Waals surface area contributed by atoms with Crippen LogP contribution >= 0.6 is 0 Å². The first-order valence-corrected chi connectivity index (χ1v) is 14.3. The van der Waals surface area contributed by atoms with Gasteiger partial charge in [0, 0.05) is 38.4 Å². The van der Waals surface area contributed by atoms with Crippen molar-refractivity contribution < 1.29 is 39.1 Å². The molecule has 12 nitrogen and oxygen atoms in total. The van der Waals surface area contributed by atoms with Crippen molar-refractivity contribution in [3.8, 4) is 5.75 Å². The molecule has 1 aromatic rings. The molecule has 1 amide bonds. The Morgan fingerprint density at radius 2 is 1.93 bits per heavy atom. The number of aliphatic hydroxyl groups excluding tert-OH is 3. The topological polar surface area (TPSA) is 189 Å². The minimum atomic E-state index is -1.38. The summed E-state index contributed by atoms with van der Waals surface area (Å²) in [6.45, 7) is 10.8.